The molecule has 1 aliphatic heterocycles. The number of rotatable bonds is 2. The van der Waals surface area contributed by atoms with Gasteiger partial charge in [-0.1, -0.05) is 36.4 Å². The Balaban J connectivity index is 1.92. The Bertz CT molecular complexity index is 1260. The van der Waals surface area contributed by atoms with Gasteiger partial charge in [-0.05, 0) is 52.9 Å². The molecule has 4 aromatic carbocycles. The van der Waals surface area contributed by atoms with Gasteiger partial charge in [0.05, 0.1) is 12.1 Å². The third-order valence-corrected chi connectivity index (χ3v) is 6.06. The number of hydrogen-bond acceptors (Lipinski definition) is 3. The Morgan fingerprint density at radius 3 is 1.50 bits per heavy atom. The lowest BCUT2D eigenvalue weighted by Gasteiger charge is -2.43. The smallest absolute Gasteiger partial charge is 0.221 e. The van der Waals surface area contributed by atoms with E-state index in [0.29, 0.717) is 27.6 Å². The maximum absolute atomic E-state index is 13.7. The van der Waals surface area contributed by atoms with Gasteiger partial charge >= 0.3 is 0 Å². The van der Waals surface area contributed by atoms with E-state index < -0.39 is 23.7 Å². The number of phenolic OH excluding ortho intramolecular Hbond substituents is 2. The van der Waals surface area contributed by atoms with E-state index in [4.69, 9.17) is 0 Å². The van der Waals surface area contributed by atoms with Crippen LogP contribution in [0.4, 0.5) is 8.78 Å². The second-order valence-corrected chi connectivity index (χ2v) is 7.93. The topological polar surface area (TPSA) is 60.8 Å². The first-order valence-corrected chi connectivity index (χ1v) is 10.1. The van der Waals surface area contributed by atoms with Crippen molar-refractivity contribution in [2.24, 2.45) is 0 Å². The number of nitrogens with zero attached hydrogens (tertiary/aromatic N) is 1. The van der Waals surface area contributed by atoms with Crippen LogP contribution in [-0.4, -0.2) is 21.0 Å². The van der Waals surface area contributed by atoms with Crippen LogP contribution in [-0.2, 0) is 4.79 Å². The number of hydrogen-bond donors (Lipinski definition) is 2. The first kappa shape index (κ1) is 20.0. The summed E-state index contributed by atoms with van der Waals surface area (Å²) in [5, 5.41) is 23.2. The van der Waals surface area contributed by atoms with Gasteiger partial charge < -0.3 is 15.1 Å². The minimum atomic E-state index is -0.749. The summed E-state index contributed by atoms with van der Waals surface area (Å²) in [7, 11) is 0. The molecule has 0 aliphatic carbocycles. The molecule has 32 heavy (non-hydrogen) atoms. The van der Waals surface area contributed by atoms with Gasteiger partial charge in [-0.3, -0.25) is 4.79 Å². The Hall–Kier alpha value is -3.93. The van der Waals surface area contributed by atoms with E-state index in [-0.39, 0.29) is 17.4 Å². The second-order valence-electron chi connectivity index (χ2n) is 7.93. The van der Waals surface area contributed by atoms with Crippen LogP contribution < -0.4 is 0 Å². The van der Waals surface area contributed by atoms with Gasteiger partial charge in [0, 0.05) is 23.4 Å². The fourth-order valence-electron chi connectivity index (χ4n) is 4.74. The molecule has 4 nitrogen and oxygen atoms in total. The van der Waals surface area contributed by atoms with Gasteiger partial charge in [0.1, 0.15) is 23.1 Å². The molecule has 160 valence electrons. The Labute approximate surface area is 183 Å². The minimum Gasteiger partial charge on any atom is -0.508 e. The molecular weight excluding hydrogens is 412 g/mol. The van der Waals surface area contributed by atoms with E-state index in [1.807, 2.05) is 0 Å². The zero-order valence-electron chi connectivity index (χ0n) is 17.1. The van der Waals surface area contributed by atoms with Gasteiger partial charge in [-0.15, -0.1) is 0 Å². The van der Waals surface area contributed by atoms with Gasteiger partial charge in [0.15, 0.2) is 0 Å². The van der Waals surface area contributed by atoms with Crippen molar-refractivity contribution in [1.29, 1.82) is 0 Å². The van der Waals surface area contributed by atoms with Gasteiger partial charge in [0.25, 0.3) is 0 Å². The molecule has 0 bridgehead atoms. The van der Waals surface area contributed by atoms with E-state index in [1.165, 1.54) is 36.1 Å². The monoisotopic (exact) mass is 431 g/mol. The van der Waals surface area contributed by atoms with Crippen molar-refractivity contribution in [3.63, 3.8) is 0 Å². The number of halogens is 2. The molecule has 4 aromatic rings. The number of amides is 1. The molecule has 2 unspecified atom stereocenters. The molecule has 1 aliphatic rings. The summed E-state index contributed by atoms with van der Waals surface area (Å²) in [5.74, 6) is -1.24. The Morgan fingerprint density at radius 1 is 0.719 bits per heavy atom. The molecule has 1 amide bonds. The maximum atomic E-state index is 13.7. The average Bonchev–Trinajstić information content (AvgIpc) is 2.78. The Kier molecular flexibility index (Phi) is 4.59. The number of benzene rings is 4. The van der Waals surface area contributed by atoms with Crippen molar-refractivity contribution >= 4 is 16.7 Å². The van der Waals surface area contributed by atoms with E-state index >= 15 is 0 Å². The molecule has 2 N–H and O–H groups in total. The van der Waals surface area contributed by atoms with Crippen molar-refractivity contribution in [3.05, 3.63) is 107 Å². The number of aromatic hydroxyl groups is 2. The largest absolute Gasteiger partial charge is 0.508 e. The van der Waals surface area contributed by atoms with Crippen LogP contribution in [0.1, 0.15) is 41.3 Å². The summed E-state index contributed by atoms with van der Waals surface area (Å²) in [6.45, 7) is 1.40. The highest BCUT2D eigenvalue weighted by molar-refractivity contribution is 5.96. The molecule has 0 saturated carbocycles. The van der Waals surface area contributed by atoms with E-state index in [9.17, 15) is 23.8 Å². The molecule has 0 fully saturated rings. The maximum Gasteiger partial charge on any atom is 0.221 e. The lowest BCUT2D eigenvalue weighted by atomic mass is 9.79. The highest BCUT2D eigenvalue weighted by Crippen LogP contribution is 2.53. The first-order chi connectivity index (χ1) is 15.4. The standard InChI is InChI=1S/C26H19F2NO3/c1-14(30)29-25(16-2-8-18(27)9-3-16)23-20(31)12-6-15-7-13-21(32)24(22(15)23)26(29)17-4-10-19(28)11-5-17/h2-13,25-26,31-32H,1H3. The zero-order chi connectivity index (χ0) is 22.6. The fraction of sp³-hybridized carbons (Fsp3) is 0.115. The van der Waals surface area contributed by atoms with Crippen LogP contribution in [0.3, 0.4) is 0 Å². The highest BCUT2D eigenvalue weighted by Gasteiger charge is 2.42. The SMILES string of the molecule is CC(=O)N1C(c2ccc(F)cc2)c2c(O)ccc3ccc(O)c(c23)C1c1ccc(F)cc1. The van der Waals surface area contributed by atoms with Crippen molar-refractivity contribution in [2.45, 2.75) is 19.0 Å². The Morgan fingerprint density at radius 2 is 1.12 bits per heavy atom. The lowest BCUT2D eigenvalue weighted by molar-refractivity contribution is -0.132. The summed E-state index contributed by atoms with van der Waals surface area (Å²) in [6.07, 6.45) is 0. The normalized spacial score (nSPS) is 17.5. The van der Waals surface area contributed by atoms with Crippen LogP contribution in [0.2, 0.25) is 0 Å². The summed E-state index contributed by atoms with van der Waals surface area (Å²) in [6, 6.07) is 16.6. The van der Waals surface area contributed by atoms with Crippen molar-refractivity contribution in [2.75, 3.05) is 0 Å². The summed E-state index contributed by atoms with van der Waals surface area (Å²) in [4.78, 5) is 14.6. The summed E-state index contributed by atoms with van der Waals surface area (Å²) in [5.41, 5.74) is 2.11. The number of carbonyl (C=O) groups excluding carboxylic acids is 1. The molecule has 6 heteroatoms. The van der Waals surface area contributed by atoms with Crippen molar-refractivity contribution in [3.8, 4) is 11.5 Å². The van der Waals surface area contributed by atoms with Crippen LogP contribution >= 0.6 is 0 Å². The number of carbonyl (C=O) groups is 1. The first-order valence-electron chi connectivity index (χ1n) is 10.1. The third-order valence-electron chi connectivity index (χ3n) is 6.06. The molecule has 0 spiro atoms. The predicted octanol–water partition coefficient (Wildman–Crippen LogP) is 5.57. The molecule has 5 rings (SSSR count). The van der Waals surface area contributed by atoms with E-state index in [2.05, 4.69) is 0 Å². The molecule has 1 heterocycles. The van der Waals surface area contributed by atoms with Gasteiger partial charge in [-0.2, -0.15) is 0 Å². The van der Waals surface area contributed by atoms with Gasteiger partial charge in [-0.25, -0.2) is 8.78 Å². The molecule has 2 atom stereocenters. The average molecular weight is 431 g/mol. The van der Waals surface area contributed by atoms with E-state index in [1.54, 1.807) is 48.5 Å². The van der Waals surface area contributed by atoms with Crippen molar-refractivity contribution < 1.29 is 23.8 Å². The fourth-order valence-corrected chi connectivity index (χ4v) is 4.74. The van der Waals surface area contributed by atoms with Crippen LogP contribution in [0.5, 0.6) is 11.5 Å². The highest BCUT2D eigenvalue weighted by atomic mass is 19.1. The molecule has 0 saturated heterocycles. The van der Waals surface area contributed by atoms with E-state index in [0.717, 1.165) is 5.39 Å². The minimum absolute atomic E-state index is 0.0394. The number of phenols is 2. The lowest BCUT2D eigenvalue weighted by Crippen LogP contribution is -2.40. The summed E-state index contributed by atoms with van der Waals surface area (Å²) >= 11 is 0. The third kappa shape index (κ3) is 2.99. The predicted molar refractivity (Wildman–Crippen MR) is 116 cm³/mol. The summed E-state index contributed by atoms with van der Waals surface area (Å²) < 4.78 is 27.4. The molecular formula is C26H19F2NO3. The van der Waals surface area contributed by atoms with Gasteiger partial charge in [0.2, 0.25) is 5.91 Å². The second kappa shape index (κ2) is 7.34. The molecule has 0 radical (unpaired) electrons. The van der Waals surface area contributed by atoms with Crippen molar-refractivity contribution in [1.82, 2.24) is 4.90 Å². The van der Waals surface area contributed by atoms with Crippen LogP contribution in [0.25, 0.3) is 10.8 Å². The van der Waals surface area contributed by atoms with Crippen LogP contribution in [0, 0.1) is 11.6 Å². The molecule has 0 aromatic heterocycles. The quantitative estimate of drug-likeness (QED) is 0.436. The van der Waals surface area contributed by atoms with Crippen LogP contribution in [0.15, 0.2) is 72.8 Å². The zero-order valence-corrected chi connectivity index (χ0v) is 17.1.